The largest absolute Gasteiger partial charge is 0.497 e. The topological polar surface area (TPSA) is 59.9 Å². The summed E-state index contributed by atoms with van der Waals surface area (Å²) in [5, 5.41) is 4.18. The zero-order valence-corrected chi connectivity index (χ0v) is 13.9. The van der Waals surface area contributed by atoms with Crippen LogP contribution in [-0.4, -0.2) is 25.8 Å². The van der Waals surface area contributed by atoms with Crippen molar-refractivity contribution < 1.29 is 14.3 Å². The number of rotatable bonds is 7. The molecule has 5 nitrogen and oxygen atoms in total. The van der Waals surface area contributed by atoms with Gasteiger partial charge in [-0.25, -0.2) is 5.43 Å². The molecule has 2 aromatic carbocycles. The molecule has 2 aromatic rings. The Labute approximate surface area is 145 Å². The van der Waals surface area contributed by atoms with E-state index in [1.54, 1.807) is 37.5 Å². The quantitative estimate of drug-likeness (QED) is 0.618. The van der Waals surface area contributed by atoms with E-state index in [0.29, 0.717) is 10.8 Å². The highest BCUT2D eigenvalue weighted by Gasteiger charge is 2.01. The molecule has 0 spiro atoms. The number of methoxy groups -OCH3 is 1. The van der Waals surface area contributed by atoms with Gasteiger partial charge in [0.1, 0.15) is 11.5 Å². The number of benzene rings is 2. The standard InChI is InChI=1S/C18H17ClN2O3/c1-23-16-7-9-17(10-8-16)24-13-18(22)21-20-12-15(19)11-14-5-3-2-4-6-14/h2-12H,13H2,1H3,(H,21,22)/b15-11-,20-12-. The van der Waals surface area contributed by atoms with Gasteiger partial charge < -0.3 is 9.47 Å². The molecule has 1 amide bonds. The molecule has 1 N–H and O–H groups in total. The third-order valence-corrected chi connectivity index (χ3v) is 3.12. The lowest BCUT2D eigenvalue weighted by Crippen LogP contribution is -2.24. The van der Waals surface area contributed by atoms with Gasteiger partial charge in [-0.1, -0.05) is 41.9 Å². The van der Waals surface area contributed by atoms with Crippen molar-refractivity contribution in [2.75, 3.05) is 13.7 Å². The van der Waals surface area contributed by atoms with Crippen molar-refractivity contribution in [1.82, 2.24) is 5.43 Å². The molecule has 0 saturated heterocycles. The van der Waals surface area contributed by atoms with Crippen LogP contribution in [0.3, 0.4) is 0 Å². The third kappa shape index (κ3) is 6.14. The molecule has 0 aliphatic carbocycles. The van der Waals surface area contributed by atoms with Crippen LogP contribution in [0.25, 0.3) is 6.08 Å². The lowest BCUT2D eigenvalue weighted by Gasteiger charge is -2.05. The molecular weight excluding hydrogens is 328 g/mol. The van der Waals surface area contributed by atoms with Gasteiger partial charge in [0, 0.05) is 0 Å². The fraction of sp³-hybridized carbons (Fsp3) is 0.111. The Morgan fingerprint density at radius 3 is 2.46 bits per heavy atom. The van der Waals surface area contributed by atoms with Crippen LogP contribution in [0.15, 0.2) is 64.7 Å². The maximum atomic E-state index is 11.6. The van der Waals surface area contributed by atoms with Crippen molar-refractivity contribution in [1.29, 1.82) is 0 Å². The highest BCUT2D eigenvalue weighted by molar-refractivity contribution is 6.41. The first kappa shape index (κ1) is 17.6. The minimum absolute atomic E-state index is 0.149. The molecule has 24 heavy (non-hydrogen) atoms. The summed E-state index contributed by atoms with van der Waals surface area (Å²) in [6.07, 6.45) is 3.10. The van der Waals surface area contributed by atoms with E-state index in [0.717, 1.165) is 11.3 Å². The number of hydrogen-bond donors (Lipinski definition) is 1. The molecule has 0 atom stereocenters. The molecule has 2 rings (SSSR count). The van der Waals surface area contributed by atoms with E-state index >= 15 is 0 Å². The fourth-order valence-electron chi connectivity index (χ4n) is 1.76. The zero-order chi connectivity index (χ0) is 17.2. The minimum atomic E-state index is -0.383. The zero-order valence-electron chi connectivity index (χ0n) is 13.1. The number of allylic oxidation sites excluding steroid dienone is 1. The second-order valence-electron chi connectivity index (χ2n) is 4.70. The molecule has 0 fully saturated rings. The Morgan fingerprint density at radius 1 is 1.12 bits per heavy atom. The molecule has 0 aliphatic heterocycles. The van der Waals surface area contributed by atoms with E-state index in [4.69, 9.17) is 21.1 Å². The summed E-state index contributed by atoms with van der Waals surface area (Å²) in [7, 11) is 1.58. The van der Waals surface area contributed by atoms with Crippen molar-refractivity contribution in [3.63, 3.8) is 0 Å². The number of carbonyl (C=O) groups excluding carboxylic acids is 1. The summed E-state index contributed by atoms with van der Waals surface area (Å²) in [6, 6.07) is 16.5. The number of ether oxygens (including phenoxy) is 2. The molecule has 0 heterocycles. The Morgan fingerprint density at radius 2 is 1.79 bits per heavy atom. The second-order valence-corrected chi connectivity index (χ2v) is 5.13. The smallest absolute Gasteiger partial charge is 0.277 e. The molecule has 0 aromatic heterocycles. The summed E-state index contributed by atoms with van der Waals surface area (Å²) in [4.78, 5) is 11.6. The second kappa shape index (κ2) is 9.37. The average Bonchev–Trinajstić information content (AvgIpc) is 2.61. The summed E-state index contributed by atoms with van der Waals surface area (Å²) >= 11 is 6.02. The van der Waals surface area contributed by atoms with Crippen LogP contribution < -0.4 is 14.9 Å². The van der Waals surface area contributed by atoms with E-state index in [1.807, 2.05) is 30.3 Å². The van der Waals surface area contributed by atoms with Gasteiger partial charge in [-0.3, -0.25) is 4.79 Å². The SMILES string of the molecule is COc1ccc(OCC(=O)N/N=C\C(Cl)=C\c2ccccc2)cc1. The maximum absolute atomic E-state index is 11.6. The van der Waals surface area contributed by atoms with Gasteiger partial charge in [0.15, 0.2) is 6.61 Å². The summed E-state index contributed by atoms with van der Waals surface area (Å²) in [6.45, 7) is -0.149. The van der Waals surface area contributed by atoms with Crippen LogP contribution in [0.4, 0.5) is 0 Å². The Balaban J connectivity index is 1.76. The first-order valence-corrected chi connectivity index (χ1v) is 7.56. The predicted octanol–water partition coefficient (Wildman–Crippen LogP) is 3.46. The highest BCUT2D eigenvalue weighted by atomic mass is 35.5. The Kier molecular flexibility index (Phi) is 6.86. The number of halogens is 1. The van der Waals surface area contributed by atoms with E-state index in [9.17, 15) is 4.79 Å². The highest BCUT2D eigenvalue weighted by Crippen LogP contribution is 2.16. The number of nitrogens with zero attached hydrogens (tertiary/aromatic N) is 1. The van der Waals surface area contributed by atoms with Crippen LogP contribution >= 0.6 is 11.6 Å². The Hall–Kier alpha value is -2.79. The van der Waals surface area contributed by atoms with E-state index < -0.39 is 0 Å². The van der Waals surface area contributed by atoms with Crippen molar-refractivity contribution >= 4 is 29.8 Å². The molecule has 6 heteroatoms. The van der Waals surface area contributed by atoms with Gasteiger partial charge in [0.2, 0.25) is 0 Å². The van der Waals surface area contributed by atoms with Crippen molar-refractivity contribution in [2.45, 2.75) is 0 Å². The molecule has 0 aliphatic rings. The summed E-state index contributed by atoms with van der Waals surface area (Å²) in [5.41, 5.74) is 3.30. The lowest BCUT2D eigenvalue weighted by atomic mass is 10.2. The molecule has 0 saturated carbocycles. The first-order valence-electron chi connectivity index (χ1n) is 7.18. The van der Waals surface area contributed by atoms with Gasteiger partial charge in [-0.15, -0.1) is 0 Å². The Bertz CT molecular complexity index is 713. The molecule has 0 bridgehead atoms. The number of hydrazone groups is 1. The van der Waals surface area contributed by atoms with Gasteiger partial charge in [0.25, 0.3) is 5.91 Å². The van der Waals surface area contributed by atoms with Crippen LogP contribution in [-0.2, 0) is 4.79 Å². The summed E-state index contributed by atoms with van der Waals surface area (Å²) < 4.78 is 10.4. The van der Waals surface area contributed by atoms with E-state index in [2.05, 4.69) is 10.5 Å². The van der Waals surface area contributed by atoms with Gasteiger partial charge in [0.05, 0.1) is 18.4 Å². The van der Waals surface area contributed by atoms with Crippen molar-refractivity contribution in [3.8, 4) is 11.5 Å². The van der Waals surface area contributed by atoms with E-state index in [-0.39, 0.29) is 12.5 Å². The fourth-order valence-corrected chi connectivity index (χ4v) is 1.94. The lowest BCUT2D eigenvalue weighted by molar-refractivity contribution is -0.123. The van der Waals surface area contributed by atoms with Crippen molar-refractivity contribution in [3.05, 3.63) is 65.2 Å². The van der Waals surface area contributed by atoms with Crippen LogP contribution in [0, 0.1) is 0 Å². The van der Waals surface area contributed by atoms with Gasteiger partial charge in [-0.05, 0) is 35.9 Å². The molecule has 0 radical (unpaired) electrons. The monoisotopic (exact) mass is 344 g/mol. The van der Waals surface area contributed by atoms with Crippen LogP contribution in [0.2, 0.25) is 0 Å². The van der Waals surface area contributed by atoms with Gasteiger partial charge in [-0.2, -0.15) is 5.10 Å². The molecule has 124 valence electrons. The average molecular weight is 345 g/mol. The van der Waals surface area contributed by atoms with Crippen LogP contribution in [0.1, 0.15) is 5.56 Å². The minimum Gasteiger partial charge on any atom is -0.497 e. The van der Waals surface area contributed by atoms with Crippen molar-refractivity contribution in [2.24, 2.45) is 5.10 Å². The maximum Gasteiger partial charge on any atom is 0.277 e. The predicted molar refractivity (Wildman–Crippen MR) is 95.4 cm³/mol. The summed E-state index contributed by atoms with van der Waals surface area (Å²) in [5.74, 6) is 0.902. The molecular formula is C18H17ClN2O3. The number of amides is 1. The van der Waals surface area contributed by atoms with Gasteiger partial charge >= 0.3 is 0 Å². The number of carbonyl (C=O) groups is 1. The number of hydrogen-bond acceptors (Lipinski definition) is 4. The third-order valence-electron chi connectivity index (χ3n) is 2.91. The number of nitrogens with one attached hydrogen (secondary N) is 1. The molecule has 0 unspecified atom stereocenters. The van der Waals surface area contributed by atoms with E-state index in [1.165, 1.54) is 6.21 Å². The first-order chi connectivity index (χ1) is 11.7. The van der Waals surface area contributed by atoms with Crippen LogP contribution in [0.5, 0.6) is 11.5 Å². The normalized spacial score (nSPS) is 11.3.